The molecule has 0 aliphatic carbocycles. The van der Waals surface area contributed by atoms with Gasteiger partial charge < -0.3 is 11.1 Å². The number of hydrogen-bond acceptors (Lipinski definition) is 2. The number of benzene rings is 8. The first kappa shape index (κ1) is 27.8. The van der Waals surface area contributed by atoms with E-state index < -0.39 is 0 Å². The van der Waals surface area contributed by atoms with E-state index >= 15 is 0 Å². The van der Waals surface area contributed by atoms with E-state index in [0.29, 0.717) is 0 Å². The summed E-state index contributed by atoms with van der Waals surface area (Å²) in [5, 5.41) is 13.6. The van der Waals surface area contributed by atoms with Gasteiger partial charge in [0, 0.05) is 11.3 Å². The third-order valence-electron chi connectivity index (χ3n) is 9.06. The second-order valence-electron chi connectivity index (χ2n) is 12.0. The van der Waals surface area contributed by atoms with E-state index in [1.165, 1.54) is 65.3 Å². The van der Waals surface area contributed by atoms with Crippen LogP contribution in [0.1, 0.15) is 22.9 Å². The highest BCUT2D eigenvalue weighted by Crippen LogP contribution is 2.37. The zero-order valence-corrected chi connectivity index (χ0v) is 25.5. The van der Waals surface area contributed by atoms with Crippen LogP contribution in [-0.2, 0) is 6.42 Å². The van der Waals surface area contributed by atoms with Crippen molar-refractivity contribution in [3.63, 3.8) is 0 Å². The lowest BCUT2D eigenvalue weighted by Crippen LogP contribution is -2.27. The Labute approximate surface area is 269 Å². The van der Waals surface area contributed by atoms with Crippen LogP contribution >= 0.6 is 0 Å². The van der Waals surface area contributed by atoms with Crippen LogP contribution in [0.4, 0.5) is 0 Å². The Balaban J connectivity index is 1.27. The van der Waals surface area contributed by atoms with Gasteiger partial charge in [0.2, 0.25) is 0 Å². The fourth-order valence-corrected chi connectivity index (χ4v) is 6.72. The number of allylic oxidation sites excluding steroid dienone is 1. The minimum absolute atomic E-state index is 0.370. The van der Waals surface area contributed by atoms with Crippen molar-refractivity contribution in [1.29, 1.82) is 0 Å². The van der Waals surface area contributed by atoms with E-state index in [-0.39, 0.29) is 6.17 Å². The first-order valence-electron chi connectivity index (χ1n) is 15.9. The van der Waals surface area contributed by atoms with E-state index in [1.807, 2.05) is 18.2 Å². The molecule has 220 valence electrons. The Hall–Kier alpha value is -5.70. The van der Waals surface area contributed by atoms with Crippen LogP contribution in [0.2, 0.25) is 0 Å². The molecule has 2 nitrogen and oxygen atoms in total. The summed E-state index contributed by atoms with van der Waals surface area (Å²) in [5.41, 5.74) is 13.8. The van der Waals surface area contributed by atoms with Crippen molar-refractivity contribution in [3.05, 3.63) is 187 Å². The Bertz CT molecular complexity index is 2390. The van der Waals surface area contributed by atoms with Gasteiger partial charge in [-0.3, -0.25) is 0 Å². The summed E-state index contributed by atoms with van der Waals surface area (Å²) < 4.78 is 0. The van der Waals surface area contributed by atoms with Gasteiger partial charge in [-0.2, -0.15) is 0 Å². The summed E-state index contributed by atoms with van der Waals surface area (Å²) in [6.07, 6.45) is 2.70. The topological polar surface area (TPSA) is 38.0 Å². The maximum atomic E-state index is 6.87. The van der Waals surface area contributed by atoms with E-state index in [4.69, 9.17) is 5.73 Å². The van der Waals surface area contributed by atoms with Crippen LogP contribution in [0.25, 0.3) is 59.9 Å². The highest BCUT2D eigenvalue weighted by atomic mass is 15.0. The van der Waals surface area contributed by atoms with Gasteiger partial charge in [-0.05, 0) is 83.9 Å². The van der Waals surface area contributed by atoms with E-state index in [9.17, 15) is 0 Å². The predicted molar refractivity (Wildman–Crippen MR) is 197 cm³/mol. The molecule has 0 heterocycles. The molecule has 0 aromatic heterocycles. The summed E-state index contributed by atoms with van der Waals surface area (Å²) >= 11 is 0. The average Bonchev–Trinajstić information content (AvgIpc) is 3.12. The Kier molecular flexibility index (Phi) is 7.26. The van der Waals surface area contributed by atoms with Gasteiger partial charge in [-0.15, -0.1) is 0 Å². The zero-order valence-electron chi connectivity index (χ0n) is 25.5. The molecular formula is C44H34N2. The van der Waals surface area contributed by atoms with Crippen LogP contribution in [0.15, 0.2) is 170 Å². The molecule has 0 aliphatic heterocycles. The Morgan fingerprint density at radius 3 is 2.02 bits per heavy atom. The lowest BCUT2D eigenvalue weighted by Gasteiger charge is -2.22. The largest absolute Gasteiger partial charge is 0.366 e. The fraction of sp³-hybridized carbons (Fsp3) is 0.0455. The number of nitrogens with two attached hydrogens (primary N) is 1. The van der Waals surface area contributed by atoms with Crippen molar-refractivity contribution >= 4 is 48.8 Å². The molecule has 0 bridgehead atoms. The first-order chi connectivity index (χ1) is 22.7. The van der Waals surface area contributed by atoms with Crippen LogP contribution < -0.4 is 11.1 Å². The molecule has 46 heavy (non-hydrogen) atoms. The molecule has 0 saturated carbocycles. The van der Waals surface area contributed by atoms with Gasteiger partial charge in [-0.25, -0.2) is 0 Å². The normalized spacial score (nSPS) is 12.6. The first-order valence-corrected chi connectivity index (χ1v) is 15.9. The Morgan fingerprint density at radius 1 is 0.500 bits per heavy atom. The maximum absolute atomic E-state index is 6.87. The van der Waals surface area contributed by atoms with Crippen molar-refractivity contribution < 1.29 is 0 Å². The molecule has 8 aromatic carbocycles. The van der Waals surface area contributed by atoms with Crippen LogP contribution in [0, 0.1) is 0 Å². The Morgan fingerprint density at radius 2 is 1.17 bits per heavy atom. The molecule has 8 rings (SSSR count). The van der Waals surface area contributed by atoms with Gasteiger partial charge in [-0.1, -0.05) is 158 Å². The van der Waals surface area contributed by atoms with E-state index in [2.05, 4.69) is 157 Å². The molecular weight excluding hydrogens is 556 g/mol. The fourth-order valence-electron chi connectivity index (χ4n) is 6.72. The summed E-state index contributed by atoms with van der Waals surface area (Å²) in [5.74, 6) is 0. The molecule has 0 aliphatic rings. The standard InChI is InChI=1S/C44H34N2/c45-44(33-14-2-1-3-15-33)46-42(26-21-30-11-10-18-34(27-30)36-23-22-31-12-4-5-16-35(31)28-36)43-39-20-9-7-17-37(39)29-41-38-19-8-6-13-32(38)24-25-40(41)43/h1-20,22-29,44,46H,21,45H2/b42-26-. The predicted octanol–water partition coefficient (Wildman–Crippen LogP) is 10.8. The summed E-state index contributed by atoms with van der Waals surface area (Å²) in [6, 6.07) is 58.5. The minimum Gasteiger partial charge on any atom is -0.366 e. The number of fused-ring (bicyclic) bond motifs is 5. The molecule has 0 spiro atoms. The monoisotopic (exact) mass is 590 g/mol. The smallest absolute Gasteiger partial charge is 0.101 e. The van der Waals surface area contributed by atoms with Crippen LogP contribution in [0.5, 0.6) is 0 Å². The molecule has 0 radical (unpaired) electrons. The maximum Gasteiger partial charge on any atom is 0.101 e. The number of rotatable bonds is 7. The molecule has 1 unspecified atom stereocenters. The molecule has 8 aromatic rings. The second-order valence-corrected chi connectivity index (χ2v) is 12.0. The SMILES string of the molecule is NC(N/C(=C\Cc1cccc(-c2ccc3ccccc3c2)c1)c1c2ccccc2cc2c1ccc1ccccc12)c1ccccc1. The summed E-state index contributed by atoms with van der Waals surface area (Å²) in [6.45, 7) is 0. The van der Waals surface area contributed by atoms with Gasteiger partial charge in [0.25, 0.3) is 0 Å². The molecule has 0 fully saturated rings. The van der Waals surface area contributed by atoms with E-state index in [0.717, 1.165) is 17.7 Å². The van der Waals surface area contributed by atoms with Gasteiger partial charge in [0.05, 0.1) is 0 Å². The molecule has 1 atom stereocenters. The summed E-state index contributed by atoms with van der Waals surface area (Å²) in [4.78, 5) is 0. The van der Waals surface area contributed by atoms with Crippen LogP contribution in [-0.4, -0.2) is 0 Å². The zero-order chi connectivity index (χ0) is 30.9. The van der Waals surface area contributed by atoms with Gasteiger partial charge in [0.15, 0.2) is 0 Å². The quantitative estimate of drug-likeness (QED) is 0.110. The molecule has 2 heteroatoms. The van der Waals surface area contributed by atoms with E-state index in [1.54, 1.807) is 0 Å². The highest BCUT2D eigenvalue weighted by Gasteiger charge is 2.17. The highest BCUT2D eigenvalue weighted by molar-refractivity contribution is 6.17. The van der Waals surface area contributed by atoms with Gasteiger partial charge in [0.1, 0.15) is 6.17 Å². The van der Waals surface area contributed by atoms with Gasteiger partial charge >= 0.3 is 0 Å². The summed E-state index contributed by atoms with van der Waals surface area (Å²) in [7, 11) is 0. The molecule has 3 N–H and O–H groups in total. The van der Waals surface area contributed by atoms with Crippen molar-refractivity contribution in [3.8, 4) is 11.1 Å². The number of nitrogens with one attached hydrogen (secondary N) is 1. The van der Waals surface area contributed by atoms with Crippen molar-refractivity contribution in [2.24, 2.45) is 5.73 Å². The van der Waals surface area contributed by atoms with Crippen molar-refractivity contribution in [2.75, 3.05) is 0 Å². The lowest BCUT2D eigenvalue weighted by atomic mass is 9.91. The van der Waals surface area contributed by atoms with Crippen molar-refractivity contribution in [1.82, 2.24) is 5.32 Å². The van der Waals surface area contributed by atoms with Crippen LogP contribution in [0.3, 0.4) is 0 Å². The number of hydrogen-bond donors (Lipinski definition) is 2. The third kappa shape index (κ3) is 5.30. The second kappa shape index (κ2) is 12.0. The average molecular weight is 591 g/mol. The van der Waals surface area contributed by atoms with Crippen molar-refractivity contribution in [2.45, 2.75) is 12.6 Å². The minimum atomic E-state index is -0.370. The molecule has 0 amide bonds. The molecule has 0 saturated heterocycles. The third-order valence-corrected chi connectivity index (χ3v) is 9.06. The lowest BCUT2D eigenvalue weighted by molar-refractivity contribution is 0.666.